The van der Waals surface area contributed by atoms with Crippen LogP contribution in [0.2, 0.25) is 0 Å². The summed E-state index contributed by atoms with van der Waals surface area (Å²) in [5.74, 6) is -0.491. The van der Waals surface area contributed by atoms with Gasteiger partial charge >= 0.3 is 5.97 Å². The molecule has 2 aliphatic heterocycles. The number of carbonyl (C=O) groups is 1. The smallest absolute Gasteiger partial charge is 0.308 e. The highest BCUT2D eigenvalue weighted by Crippen LogP contribution is 2.34. The molecule has 1 aromatic rings. The van der Waals surface area contributed by atoms with Crippen LogP contribution in [-0.4, -0.2) is 77.8 Å². The van der Waals surface area contributed by atoms with Crippen molar-refractivity contribution in [2.24, 2.45) is 5.92 Å². The van der Waals surface area contributed by atoms with Crippen molar-refractivity contribution in [2.45, 2.75) is 42.9 Å². The molecule has 2 fully saturated rings. The van der Waals surface area contributed by atoms with Gasteiger partial charge in [-0.15, -0.1) is 0 Å². The molecule has 8 nitrogen and oxygen atoms in total. The van der Waals surface area contributed by atoms with Crippen LogP contribution < -0.4 is 4.74 Å². The minimum Gasteiger partial charge on any atom is -0.496 e. The van der Waals surface area contributed by atoms with Gasteiger partial charge in [0.2, 0.25) is 0 Å². The Bertz CT molecular complexity index is 1030. The lowest BCUT2D eigenvalue weighted by atomic mass is 9.95. The first kappa shape index (κ1) is 23.0. The number of esters is 1. The zero-order valence-electron chi connectivity index (χ0n) is 17.8. The van der Waals surface area contributed by atoms with Crippen molar-refractivity contribution in [3.05, 3.63) is 23.3 Å². The number of ether oxygens (including phenoxy) is 2. The van der Waals surface area contributed by atoms with Gasteiger partial charge in [-0.05, 0) is 63.0 Å². The molecule has 30 heavy (non-hydrogen) atoms. The van der Waals surface area contributed by atoms with E-state index in [1.54, 1.807) is 26.0 Å². The molecule has 0 unspecified atom stereocenters. The number of hydrogen-bond acceptors (Lipinski definition) is 8. The Morgan fingerprint density at radius 1 is 1.07 bits per heavy atom. The van der Waals surface area contributed by atoms with Gasteiger partial charge in [-0.25, -0.2) is 16.8 Å². The topological polar surface area (TPSA) is 107 Å². The summed E-state index contributed by atoms with van der Waals surface area (Å²) in [7, 11) is -4.51. The first-order chi connectivity index (χ1) is 14.0. The highest BCUT2D eigenvalue weighted by Gasteiger charge is 2.49. The molecule has 168 valence electrons. The summed E-state index contributed by atoms with van der Waals surface area (Å²) in [6.07, 6.45) is 1.05. The zero-order valence-corrected chi connectivity index (χ0v) is 19.4. The van der Waals surface area contributed by atoms with E-state index in [2.05, 4.69) is 0 Å². The van der Waals surface area contributed by atoms with Crippen LogP contribution in [0.1, 0.15) is 24.0 Å². The molecule has 0 aromatic heterocycles. The first-order valence-electron chi connectivity index (χ1n) is 9.91. The van der Waals surface area contributed by atoms with Crippen molar-refractivity contribution in [1.82, 2.24) is 4.90 Å². The normalized spacial score (nSPS) is 25.2. The summed E-state index contributed by atoms with van der Waals surface area (Å²) < 4.78 is 62.1. The number of piperidine rings is 1. The average molecular weight is 460 g/mol. The van der Waals surface area contributed by atoms with E-state index in [0.717, 1.165) is 0 Å². The largest absolute Gasteiger partial charge is 0.496 e. The molecule has 2 aliphatic rings. The van der Waals surface area contributed by atoms with E-state index in [0.29, 0.717) is 42.8 Å². The number of benzene rings is 1. The van der Waals surface area contributed by atoms with E-state index in [4.69, 9.17) is 9.47 Å². The van der Waals surface area contributed by atoms with Gasteiger partial charge in [-0.1, -0.05) is 0 Å². The van der Waals surface area contributed by atoms with Crippen molar-refractivity contribution < 1.29 is 31.1 Å². The fourth-order valence-corrected chi connectivity index (χ4v) is 9.66. The number of sulfone groups is 2. The van der Waals surface area contributed by atoms with E-state index in [-0.39, 0.29) is 28.3 Å². The lowest BCUT2D eigenvalue weighted by molar-refractivity contribution is -0.147. The van der Waals surface area contributed by atoms with Crippen molar-refractivity contribution in [1.29, 1.82) is 0 Å². The molecule has 0 radical (unpaired) electrons. The van der Waals surface area contributed by atoms with Crippen molar-refractivity contribution in [3.63, 3.8) is 0 Å². The van der Waals surface area contributed by atoms with Gasteiger partial charge in [0, 0.05) is 6.04 Å². The van der Waals surface area contributed by atoms with Crippen LogP contribution in [0.25, 0.3) is 0 Å². The quantitative estimate of drug-likeness (QED) is 0.604. The maximum atomic E-state index is 13.6. The molecule has 2 saturated heterocycles. The molecule has 0 N–H and O–H groups in total. The second-order valence-electron chi connectivity index (χ2n) is 8.15. The first-order valence-corrected chi connectivity index (χ1v) is 13.3. The molecule has 10 heteroatoms. The van der Waals surface area contributed by atoms with Crippen molar-refractivity contribution in [3.8, 4) is 5.75 Å². The van der Waals surface area contributed by atoms with Crippen LogP contribution in [0, 0.1) is 19.8 Å². The van der Waals surface area contributed by atoms with E-state index in [1.807, 2.05) is 4.90 Å². The molecule has 1 aromatic carbocycles. The van der Waals surface area contributed by atoms with Gasteiger partial charge in [0.1, 0.15) is 5.75 Å². The van der Waals surface area contributed by atoms with Gasteiger partial charge in [-0.2, -0.15) is 0 Å². The van der Waals surface area contributed by atoms with Crippen LogP contribution in [0.15, 0.2) is 17.0 Å². The molecule has 0 amide bonds. The highest BCUT2D eigenvalue weighted by atomic mass is 32.2. The number of nitrogens with zero attached hydrogens (tertiary/aromatic N) is 1. The van der Waals surface area contributed by atoms with Crippen LogP contribution in [0.5, 0.6) is 5.75 Å². The van der Waals surface area contributed by atoms with Gasteiger partial charge in [0.25, 0.3) is 0 Å². The maximum Gasteiger partial charge on any atom is 0.308 e. The third-order valence-corrected chi connectivity index (χ3v) is 10.5. The lowest BCUT2D eigenvalue weighted by Crippen LogP contribution is -2.50. The summed E-state index contributed by atoms with van der Waals surface area (Å²) in [5.41, 5.74) is 1.21. The molecule has 0 saturated carbocycles. The molecule has 0 aliphatic carbocycles. The number of carbonyl (C=O) groups excluding carboxylic acids is 1. The Morgan fingerprint density at radius 2 is 1.70 bits per heavy atom. The Hall–Kier alpha value is -1.65. The van der Waals surface area contributed by atoms with E-state index >= 15 is 0 Å². The predicted octanol–water partition coefficient (Wildman–Crippen LogP) is 1.14. The Kier molecular flexibility index (Phi) is 6.50. The number of hydrogen-bond donors (Lipinski definition) is 0. The van der Waals surface area contributed by atoms with Crippen molar-refractivity contribution in [2.75, 3.05) is 38.8 Å². The van der Waals surface area contributed by atoms with Crippen LogP contribution >= 0.6 is 0 Å². The number of likely N-dealkylation sites (tertiary alicyclic amines) is 1. The summed E-state index contributed by atoms with van der Waals surface area (Å²) in [4.78, 5) is 13.9. The predicted molar refractivity (Wildman–Crippen MR) is 112 cm³/mol. The maximum absolute atomic E-state index is 13.6. The molecule has 0 bridgehead atoms. The van der Waals surface area contributed by atoms with Crippen LogP contribution in [-0.2, 0) is 29.2 Å². The molecule has 2 atom stereocenters. The number of aryl methyl sites for hydroxylation is 2. The Labute approximate surface area is 178 Å². The second-order valence-corrected chi connectivity index (χ2v) is 12.4. The fourth-order valence-electron chi connectivity index (χ4n) is 4.52. The summed E-state index contributed by atoms with van der Waals surface area (Å²) in [6, 6.07) is 2.61. The minimum atomic E-state index is -3.89. The van der Waals surface area contributed by atoms with Gasteiger partial charge in [0.15, 0.2) is 19.7 Å². The van der Waals surface area contributed by atoms with Crippen LogP contribution in [0.3, 0.4) is 0 Å². The fraction of sp³-hybridized carbons (Fsp3) is 0.650. The monoisotopic (exact) mass is 459 g/mol. The molecule has 2 heterocycles. The van der Waals surface area contributed by atoms with E-state index < -0.39 is 31.0 Å². The Balaban J connectivity index is 1.91. The SMILES string of the molecule is COC(=O)C1CCN([C@H]2CS(=O)(=O)C[C@@H]2S(=O)(=O)c2cc(C)c(OC)cc2C)CC1. The van der Waals surface area contributed by atoms with Gasteiger partial charge in [0.05, 0.1) is 41.8 Å². The van der Waals surface area contributed by atoms with Gasteiger partial charge in [-0.3, -0.25) is 9.69 Å². The average Bonchev–Trinajstić information content (AvgIpc) is 3.05. The summed E-state index contributed by atoms with van der Waals surface area (Å²) in [6.45, 7) is 4.38. The minimum absolute atomic E-state index is 0.150. The summed E-state index contributed by atoms with van der Waals surface area (Å²) >= 11 is 0. The van der Waals surface area contributed by atoms with Crippen molar-refractivity contribution >= 4 is 25.6 Å². The second kappa shape index (κ2) is 8.47. The molecule has 3 rings (SSSR count). The molecular weight excluding hydrogens is 430 g/mol. The third kappa shape index (κ3) is 4.36. The highest BCUT2D eigenvalue weighted by molar-refractivity contribution is 7.96. The standard InChI is InChI=1S/C20H29NO7S2/c1-13-10-18(14(2)9-17(13)27-3)30(25,26)19-12-29(23,24)11-16(19)21-7-5-15(6-8-21)20(22)28-4/h9-10,15-16,19H,5-8,11-12H2,1-4H3/t16-,19-/m0/s1. The number of rotatable bonds is 5. The zero-order chi connectivity index (χ0) is 22.3. The van der Waals surface area contributed by atoms with E-state index in [1.165, 1.54) is 14.2 Å². The third-order valence-electron chi connectivity index (χ3n) is 6.20. The molecule has 0 spiro atoms. The lowest BCUT2D eigenvalue weighted by Gasteiger charge is -2.36. The molecular formula is C20H29NO7S2. The van der Waals surface area contributed by atoms with Gasteiger partial charge < -0.3 is 9.47 Å². The number of methoxy groups -OCH3 is 2. The summed E-state index contributed by atoms with van der Waals surface area (Å²) in [5, 5.41) is -1.04. The van der Waals surface area contributed by atoms with Crippen LogP contribution in [0.4, 0.5) is 0 Å². The van der Waals surface area contributed by atoms with E-state index in [9.17, 15) is 21.6 Å². The Morgan fingerprint density at radius 3 is 2.27 bits per heavy atom.